The van der Waals surface area contributed by atoms with Crippen molar-refractivity contribution in [3.63, 3.8) is 0 Å². The molecule has 31 heavy (non-hydrogen) atoms. The van der Waals surface area contributed by atoms with Crippen molar-refractivity contribution in [3.8, 4) is 0 Å². The van der Waals surface area contributed by atoms with Gasteiger partial charge in [-0.25, -0.2) is 17.2 Å². The zero-order chi connectivity index (χ0) is 22.3. The first-order valence-electron chi connectivity index (χ1n) is 9.34. The van der Waals surface area contributed by atoms with Crippen LogP contribution in [0.1, 0.15) is 6.42 Å². The van der Waals surface area contributed by atoms with Crippen LogP contribution in [0.3, 0.4) is 0 Å². The third-order valence-electron chi connectivity index (χ3n) is 5.27. The molecule has 162 valence electrons. The van der Waals surface area contributed by atoms with Gasteiger partial charge in [-0.1, -0.05) is 35.9 Å². The van der Waals surface area contributed by atoms with E-state index in [0.29, 0.717) is 42.4 Å². The Kier molecular flexibility index (Phi) is 5.49. The van der Waals surface area contributed by atoms with Crippen LogP contribution in [0.2, 0.25) is 5.02 Å². The third kappa shape index (κ3) is 4.03. The predicted molar refractivity (Wildman–Crippen MR) is 114 cm³/mol. The van der Waals surface area contributed by atoms with E-state index in [1.165, 1.54) is 6.07 Å². The molecule has 0 saturated carbocycles. The molecule has 1 saturated heterocycles. The molecule has 0 aliphatic carbocycles. The molecule has 1 aliphatic rings. The zero-order valence-corrected chi connectivity index (χ0v) is 17.6. The lowest BCUT2D eigenvalue weighted by atomic mass is 10.1. The Labute approximate surface area is 182 Å². The quantitative estimate of drug-likeness (QED) is 0.541. The molecule has 4 rings (SSSR count). The molecule has 1 atom stereocenters. The summed E-state index contributed by atoms with van der Waals surface area (Å²) in [5, 5.41) is 9.83. The fourth-order valence-corrected chi connectivity index (χ4v) is 5.35. The van der Waals surface area contributed by atoms with E-state index in [9.17, 15) is 27.1 Å². The second kappa shape index (κ2) is 7.97. The topological polar surface area (TPSA) is 86.7 Å². The number of halogens is 3. The van der Waals surface area contributed by atoms with Gasteiger partial charge >= 0.3 is 5.97 Å². The summed E-state index contributed by atoms with van der Waals surface area (Å²) in [7, 11) is -4.39. The number of fused-ring (bicyclic) bond motifs is 1. The SMILES string of the molecule is O=C(O)[C@@H]1CCN(c2ccc(NS(=O)(=O)c3cc(F)cc(F)c3Cl)c3ccccc23)C1. The van der Waals surface area contributed by atoms with E-state index in [1.807, 2.05) is 4.90 Å². The molecular weight excluding hydrogens is 450 g/mol. The highest BCUT2D eigenvalue weighted by atomic mass is 35.5. The molecule has 0 unspecified atom stereocenters. The number of nitrogens with one attached hydrogen (secondary N) is 1. The van der Waals surface area contributed by atoms with Gasteiger partial charge in [0.25, 0.3) is 10.0 Å². The number of anilines is 2. The number of carboxylic acids is 1. The number of benzene rings is 3. The van der Waals surface area contributed by atoms with Crippen LogP contribution in [0.4, 0.5) is 20.2 Å². The molecule has 10 heteroatoms. The molecule has 1 fully saturated rings. The molecule has 0 bridgehead atoms. The highest BCUT2D eigenvalue weighted by Gasteiger charge is 2.29. The first-order chi connectivity index (χ1) is 14.7. The number of sulfonamides is 1. The summed E-state index contributed by atoms with van der Waals surface area (Å²) in [4.78, 5) is 12.5. The van der Waals surface area contributed by atoms with Crippen molar-refractivity contribution in [3.05, 3.63) is 65.2 Å². The van der Waals surface area contributed by atoms with E-state index in [-0.39, 0.29) is 5.69 Å². The second-order valence-corrected chi connectivity index (χ2v) is 9.28. The van der Waals surface area contributed by atoms with Crippen LogP contribution in [0.25, 0.3) is 10.8 Å². The minimum Gasteiger partial charge on any atom is -0.481 e. The van der Waals surface area contributed by atoms with E-state index in [0.717, 1.165) is 5.69 Å². The Morgan fingerprint density at radius 3 is 2.52 bits per heavy atom. The van der Waals surface area contributed by atoms with Crippen LogP contribution in [0.15, 0.2) is 53.4 Å². The maximum Gasteiger partial charge on any atom is 0.308 e. The summed E-state index contributed by atoms with van der Waals surface area (Å²) in [6.07, 6.45) is 0.516. The maximum absolute atomic E-state index is 13.8. The standard InChI is InChI=1S/C21H17ClF2N2O4S/c22-20-16(24)9-13(23)10-19(20)31(29,30)25-17-5-6-18(15-4-2-1-3-14(15)17)26-8-7-12(11-26)21(27)28/h1-6,9-10,12,25H,7-8,11H2,(H,27,28)/t12-/m1/s1. The van der Waals surface area contributed by atoms with Crippen molar-refractivity contribution in [1.82, 2.24) is 0 Å². The van der Waals surface area contributed by atoms with Gasteiger partial charge in [-0.3, -0.25) is 9.52 Å². The van der Waals surface area contributed by atoms with Crippen molar-refractivity contribution in [2.24, 2.45) is 5.92 Å². The second-order valence-electron chi connectivity index (χ2n) is 7.25. The van der Waals surface area contributed by atoms with Crippen LogP contribution in [0, 0.1) is 17.6 Å². The lowest BCUT2D eigenvalue weighted by Crippen LogP contribution is -2.23. The molecule has 3 aromatic rings. The Morgan fingerprint density at radius 2 is 1.84 bits per heavy atom. The zero-order valence-electron chi connectivity index (χ0n) is 16.0. The number of carbonyl (C=O) groups is 1. The highest BCUT2D eigenvalue weighted by molar-refractivity contribution is 7.92. The van der Waals surface area contributed by atoms with E-state index in [4.69, 9.17) is 11.6 Å². The largest absolute Gasteiger partial charge is 0.481 e. The van der Waals surface area contributed by atoms with Gasteiger partial charge in [0, 0.05) is 35.6 Å². The molecule has 2 N–H and O–H groups in total. The number of hydrogen-bond acceptors (Lipinski definition) is 4. The van der Waals surface area contributed by atoms with Crippen LogP contribution >= 0.6 is 11.6 Å². The minimum absolute atomic E-state index is 0.203. The number of carboxylic acid groups (broad SMARTS) is 1. The lowest BCUT2D eigenvalue weighted by molar-refractivity contribution is -0.140. The van der Waals surface area contributed by atoms with Gasteiger partial charge in [-0.15, -0.1) is 0 Å². The summed E-state index contributed by atoms with van der Waals surface area (Å²) < 4.78 is 55.4. The fourth-order valence-electron chi connectivity index (χ4n) is 3.76. The summed E-state index contributed by atoms with van der Waals surface area (Å²) in [6.45, 7) is 0.910. The molecular formula is C21H17ClF2N2O4S. The molecule has 0 radical (unpaired) electrons. The van der Waals surface area contributed by atoms with Gasteiger partial charge in [0.15, 0.2) is 0 Å². The van der Waals surface area contributed by atoms with E-state index >= 15 is 0 Å². The van der Waals surface area contributed by atoms with Crippen LogP contribution < -0.4 is 9.62 Å². The third-order valence-corrected chi connectivity index (χ3v) is 7.16. The number of hydrogen-bond donors (Lipinski definition) is 2. The van der Waals surface area contributed by atoms with Crippen molar-refractivity contribution in [2.75, 3.05) is 22.7 Å². The number of nitrogens with zero attached hydrogens (tertiary/aromatic N) is 1. The Bertz CT molecular complexity index is 1300. The average Bonchev–Trinajstić information content (AvgIpc) is 3.21. The van der Waals surface area contributed by atoms with Crippen LogP contribution in [-0.2, 0) is 14.8 Å². The molecule has 0 aromatic heterocycles. The van der Waals surface area contributed by atoms with E-state index in [1.54, 1.807) is 30.3 Å². The minimum atomic E-state index is -4.39. The van der Waals surface area contributed by atoms with E-state index in [2.05, 4.69) is 4.72 Å². The molecule has 1 heterocycles. The number of aliphatic carboxylic acids is 1. The molecule has 0 spiro atoms. The average molecular weight is 467 g/mol. The monoisotopic (exact) mass is 466 g/mol. The van der Waals surface area contributed by atoms with Crippen LogP contribution in [-0.4, -0.2) is 32.6 Å². The predicted octanol–water partition coefficient (Wildman–Crippen LogP) is 4.48. The Hall–Kier alpha value is -2.91. The first-order valence-corrected chi connectivity index (χ1v) is 11.2. The summed E-state index contributed by atoms with van der Waals surface area (Å²) in [5.41, 5.74) is 0.978. The molecule has 0 amide bonds. The van der Waals surface area contributed by atoms with Gasteiger partial charge in [0.1, 0.15) is 16.5 Å². The number of rotatable bonds is 5. The van der Waals surface area contributed by atoms with Gasteiger partial charge in [0.05, 0.1) is 16.6 Å². The van der Waals surface area contributed by atoms with Crippen LogP contribution in [0.5, 0.6) is 0 Å². The van der Waals surface area contributed by atoms with E-state index < -0.39 is 43.5 Å². The molecule has 1 aliphatic heterocycles. The summed E-state index contributed by atoms with van der Waals surface area (Å²) >= 11 is 5.77. The highest BCUT2D eigenvalue weighted by Crippen LogP contribution is 2.36. The first kappa shape index (κ1) is 21.3. The van der Waals surface area contributed by atoms with Gasteiger partial charge in [-0.2, -0.15) is 0 Å². The normalized spacial score (nSPS) is 16.6. The maximum atomic E-state index is 13.8. The summed E-state index contributed by atoms with van der Waals surface area (Å²) in [6, 6.07) is 11.4. The molecule has 3 aromatic carbocycles. The van der Waals surface area contributed by atoms with Gasteiger partial charge in [-0.05, 0) is 24.6 Å². The van der Waals surface area contributed by atoms with Gasteiger partial charge in [0.2, 0.25) is 0 Å². The Morgan fingerprint density at radius 1 is 1.13 bits per heavy atom. The van der Waals surface area contributed by atoms with Crippen molar-refractivity contribution >= 4 is 49.7 Å². The van der Waals surface area contributed by atoms with Crippen molar-refractivity contribution in [2.45, 2.75) is 11.3 Å². The Balaban J connectivity index is 1.74. The van der Waals surface area contributed by atoms with Crippen molar-refractivity contribution < 1.29 is 27.1 Å². The lowest BCUT2D eigenvalue weighted by Gasteiger charge is -2.22. The smallest absolute Gasteiger partial charge is 0.308 e. The fraction of sp³-hybridized carbons (Fsp3) is 0.190. The van der Waals surface area contributed by atoms with Gasteiger partial charge < -0.3 is 10.0 Å². The van der Waals surface area contributed by atoms with Crippen molar-refractivity contribution in [1.29, 1.82) is 0 Å². The summed E-state index contributed by atoms with van der Waals surface area (Å²) in [5.74, 6) is -3.56. The molecule has 6 nitrogen and oxygen atoms in total.